The lowest BCUT2D eigenvalue weighted by Gasteiger charge is -2.27. The van der Waals surface area contributed by atoms with E-state index in [1.807, 2.05) is 0 Å². The Labute approximate surface area is 115 Å². The van der Waals surface area contributed by atoms with Crippen LogP contribution in [-0.2, 0) is 19.1 Å². The topological polar surface area (TPSA) is 141 Å². The van der Waals surface area contributed by atoms with Crippen molar-refractivity contribution in [3.63, 3.8) is 0 Å². The first-order valence-corrected chi connectivity index (χ1v) is 5.86. The Morgan fingerprint density at radius 3 is 2.20 bits per heavy atom. The van der Waals surface area contributed by atoms with Crippen LogP contribution in [0.15, 0.2) is 12.2 Å². The Hall–Kier alpha value is -1.93. The van der Waals surface area contributed by atoms with Gasteiger partial charge >= 0.3 is 17.9 Å². The van der Waals surface area contributed by atoms with Gasteiger partial charge in [0.25, 0.3) is 0 Å². The van der Waals surface area contributed by atoms with Crippen LogP contribution in [0.4, 0.5) is 0 Å². The van der Waals surface area contributed by atoms with Crippen LogP contribution < -0.4 is 0 Å². The van der Waals surface area contributed by atoms with Gasteiger partial charge in [0.1, 0.15) is 6.61 Å². The highest BCUT2D eigenvalue weighted by atomic mass is 16.5. The number of aliphatic hydroxyl groups excluding tert-OH is 2. The number of esters is 1. The molecule has 0 aliphatic rings. The SMILES string of the molecule is O=C(O)C=CC(CO)(CCO)COC(=O)CCC(=O)O. The van der Waals surface area contributed by atoms with Crippen molar-refractivity contribution in [3.8, 4) is 0 Å². The normalized spacial score (nSPS) is 13.9. The first kappa shape index (κ1) is 18.1. The summed E-state index contributed by atoms with van der Waals surface area (Å²) in [6.07, 6.45) is 1.24. The molecule has 0 fully saturated rings. The van der Waals surface area contributed by atoms with Gasteiger partial charge in [-0.25, -0.2) is 4.79 Å². The van der Waals surface area contributed by atoms with Crippen LogP contribution in [0.1, 0.15) is 19.3 Å². The smallest absolute Gasteiger partial charge is 0.328 e. The molecule has 0 aromatic rings. The fourth-order valence-electron chi connectivity index (χ4n) is 1.36. The zero-order valence-corrected chi connectivity index (χ0v) is 10.8. The molecule has 0 bridgehead atoms. The molecule has 0 spiro atoms. The van der Waals surface area contributed by atoms with Gasteiger partial charge in [0.2, 0.25) is 0 Å². The summed E-state index contributed by atoms with van der Waals surface area (Å²) in [5, 5.41) is 35.2. The second-order valence-corrected chi connectivity index (χ2v) is 4.22. The lowest BCUT2D eigenvalue weighted by atomic mass is 9.86. The molecular formula is C12H18O8. The van der Waals surface area contributed by atoms with E-state index in [1.54, 1.807) is 0 Å². The van der Waals surface area contributed by atoms with E-state index in [0.29, 0.717) is 0 Å². The summed E-state index contributed by atoms with van der Waals surface area (Å²) in [5.41, 5.74) is -1.20. The predicted molar refractivity (Wildman–Crippen MR) is 65.8 cm³/mol. The lowest BCUT2D eigenvalue weighted by Crippen LogP contribution is -2.32. The van der Waals surface area contributed by atoms with Crippen molar-refractivity contribution in [2.45, 2.75) is 19.3 Å². The van der Waals surface area contributed by atoms with Crippen LogP contribution in [0.2, 0.25) is 0 Å². The van der Waals surface area contributed by atoms with E-state index in [4.69, 9.17) is 20.1 Å². The van der Waals surface area contributed by atoms with E-state index in [-0.39, 0.29) is 32.5 Å². The van der Waals surface area contributed by atoms with Crippen molar-refractivity contribution >= 4 is 17.9 Å². The van der Waals surface area contributed by atoms with Crippen molar-refractivity contribution < 1.29 is 39.5 Å². The molecule has 0 aliphatic heterocycles. The van der Waals surface area contributed by atoms with Gasteiger partial charge in [0, 0.05) is 18.1 Å². The van der Waals surface area contributed by atoms with E-state index >= 15 is 0 Å². The summed E-state index contributed by atoms with van der Waals surface area (Å²) in [4.78, 5) is 32.0. The number of rotatable bonds is 10. The second-order valence-electron chi connectivity index (χ2n) is 4.22. The van der Waals surface area contributed by atoms with Gasteiger partial charge in [-0.05, 0) is 6.42 Å². The van der Waals surface area contributed by atoms with Crippen LogP contribution in [0.3, 0.4) is 0 Å². The maximum Gasteiger partial charge on any atom is 0.328 e. The summed E-state index contributed by atoms with van der Waals surface area (Å²) < 4.78 is 4.82. The third kappa shape index (κ3) is 7.49. The van der Waals surface area contributed by atoms with Gasteiger partial charge in [-0.2, -0.15) is 0 Å². The Morgan fingerprint density at radius 1 is 1.10 bits per heavy atom. The minimum absolute atomic E-state index is 0.000505. The quantitative estimate of drug-likeness (QED) is 0.308. The third-order valence-electron chi connectivity index (χ3n) is 2.57. The maximum absolute atomic E-state index is 11.3. The zero-order chi connectivity index (χ0) is 15.6. The third-order valence-corrected chi connectivity index (χ3v) is 2.57. The minimum atomic E-state index is -1.24. The first-order valence-electron chi connectivity index (χ1n) is 5.86. The number of carboxylic acids is 2. The van der Waals surface area contributed by atoms with Crippen molar-refractivity contribution in [2.24, 2.45) is 5.41 Å². The molecule has 4 N–H and O–H groups in total. The number of aliphatic hydroxyl groups is 2. The molecular weight excluding hydrogens is 272 g/mol. The molecule has 8 heteroatoms. The van der Waals surface area contributed by atoms with Crippen LogP contribution in [0.5, 0.6) is 0 Å². The molecule has 0 heterocycles. The number of aliphatic carboxylic acids is 2. The summed E-state index contributed by atoms with van der Waals surface area (Å²) in [7, 11) is 0. The number of hydrogen-bond acceptors (Lipinski definition) is 6. The van der Waals surface area contributed by atoms with Gasteiger partial charge in [0.05, 0.1) is 19.4 Å². The van der Waals surface area contributed by atoms with Crippen molar-refractivity contribution in [3.05, 3.63) is 12.2 Å². The lowest BCUT2D eigenvalue weighted by molar-refractivity contribution is -0.150. The Kier molecular flexibility index (Phi) is 8.18. The highest BCUT2D eigenvalue weighted by Gasteiger charge is 2.28. The molecule has 0 aromatic carbocycles. The summed E-state index contributed by atoms with van der Waals surface area (Å²) in [6.45, 7) is -1.20. The van der Waals surface area contributed by atoms with Gasteiger partial charge in [-0.15, -0.1) is 0 Å². The molecule has 20 heavy (non-hydrogen) atoms. The largest absolute Gasteiger partial charge is 0.481 e. The molecule has 0 saturated carbocycles. The van der Waals surface area contributed by atoms with Gasteiger partial charge < -0.3 is 25.2 Å². The van der Waals surface area contributed by atoms with Crippen LogP contribution in [-0.4, -0.2) is 58.2 Å². The molecule has 114 valence electrons. The highest BCUT2D eigenvalue weighted by Crippen LogP contribution is 2.24. The first-order chi connectivity index (χ1) is 9.35. The Bertz CT molecular complexity index is 376. The molecule has 1 unspecified atom stereocenters. The minimum Gasteiger partial charge on any atom is -0.481 e. The molecule has 0 aromatic heterocycles. The summed E-state index contributed by atoms with van der Waals surface area (Å²) in [6, 6.07) is 0. The van der Waals surface area contributed by atoms with E-state index < -0.39 is 29.9 Å². The van der Waals surface area contributed by atoms with Crippen molar-refractivity contribution in [1.29, 1.82) is 0 Å². The van der Waals surface area contributed by atoms with E-state index in [2.05, 4.69) is 0 Å². The van der Waals surface area contributed by atoms with Gasteiger partial charge in [-0.3, -0.25) is 9.59 Å². The number of carboxylic acid groups (broad SMARTS) is 2. The summed E-state index contributed by atoms with van der Waals surface area (Å²) in [5.74, 6) is -3.15. The summed E-state index contributed by atoms with van der Waals surface area (Å²) >= 11 is 0. The second kappa shape index (κ2) is 9.05. The number of carbonyl (C=O) groups is 3. The molecule has 8 nitrogen and oxygen atoms in total. The molecule has 0 aliphatic carbocycles. The monoisotopic (exact) mass is 290 g/mol. The zero-order valence-electron chi connectivity index (χ0n) is 10.8. The number of ether oxygens (including phenoxy) is 1. The van der Waals surface area contributed by atoms with Gasteiger partial charge in [0.15, 0.2) is 0 Å². The van der Waals surface area contributed by atoms with Crippen LogP contribution >= 0.6 is 0 Å². The van der Waals surface area contributed by atoms with E-state index in [1.165, 1.54) is 0 Å². The van der Waals surface area contributed by atoms with Crippen LogP contribution in [0.25, 0.3) is 0 Å². The standard InChI is InChI=1S/C12H18O8/c13-6-5-12(7-14,4-3-10(17)18)8-20-11(19)2-1-9(15)16/h3-4,13-14H,1-2,5-8H2,(H,15,16)(H,17,18). The van der Waals surface area contributed by atoms with E-state index in [0.717, 1.165) is 12.2 Å². The molecule has 0 rings (SSSR count). The number of carbonyl (C=O) groups excluding carboxylic acids is 1. The van der Waals surface area contributed by atoms with Crippen LogP contribution in [0, 0.1) is 5.41 Å². The average Bonchev–Trinajstić information content (AvgIpc) is 2.39. The van der Waals surface area contributed by atoms with Gasteiger partial charge in [-0.1, -0.05) is 6.08 Å². The van der Waals surface area contributed by atoms with Crippen molar-refractivity contribution in [2.75, 3.05) is 19.8 Å². The maximum atomic E-state index is 11.3. The molecule has 1 atom stereocenters. The molecule has 0 amide bonds. The average molecular weight is 290 g/mol. The fourth-order valence-corrected chi connectivity index (χ4v) is 1.36. The van der Waals surface area contributed by atoms with Crippen molar-refractivity contribution in [1.82, 2.24) is 0 Å². The highest BCUT2D eigenvalue weighted by molar-refractivity contribution is 5.80. The molecule has 0 saturated heterocycles. The Morgan fingerprint density at radius 2 is 1.75 bits per heavy atom. The van der Waals surface area contributed by atoms with E-state index in [9.17, 15) is 19.5 Å². The predicted octanol–water partition coefficient (Wildman–Crippen LogP) is -0.604. The number of hydrogen-bond donors (Lipinski definition) is 4. The Balaban J connectivity index is 4.60. The fraction of sp³-hybridized carbons (Fsp3) is 0.583. The molecule has 0 radical (unpaired) electrons.